The van der Waals surface area contributed by atoms with E-state index in [1.165, 1.54) is 5.57 Å². The molecule has 0 saturated heterocycles. The zero-order valence-electron chi connectivity index (χ0n) is 18.0. The lowest BCUT2D eigenvalue weighted by Crippen LogP contribution is -2.55. The molecule has 0 aromatic carbocycles. The molecule has 5 rings (SSSR count). The molecule has 0 amide bonds. The lowest BCUT2D eigenvalue weighted by Gasteiger charge is -2.50. The third-order valence-corrected chi connectivity index (χ3v) is 8.66. The molecule has 0 radical (unpaired) electrons. The quantitative estimate of drug-likeness (QED) is 0.623. The molecule has 4 aliphatic rings. The van der Waals surface area contributed by atoms with Gasteiger partial charge >= 0.3 is 0 Å². The first-order valence-electron chi connectivity index (χ1n) is 11.5. The van der Waals surface area contributed by atoms with Gasteiger partial charge in [-0.05, 0) is 67.2 Å². The Kier molecular flexibility index (Phi) is 5.00. The van der Waals surface area contributed by atoms with Crippen LogP contribution in [0.3, 0.4) is 0 Å². The number of nitrogens with zero attached hydrogens (tertiary/aromatic N) is 1. The number of hydrogen-bond acceptors (Lipinski definition) is 4. The first-order chi connectivity index (χ1) is 14.8. The fourth-order valence-electron chi connectivity index (χ4n) is 6.84. The van der Waals surface area contributed by atoms with Crippen LogP contribution in [0.1, 0.15) is 57.4 Å². The van der Waals surface area contributed by atoms with Gasteiger partial charge in [-0.25, -0.2) is 4.39 Å². The van der Waals surface area contributed by atoms with Crippen molar-refractivity contribution >= 4 is 6.08 Å². The van der Waals surface area contributed by atoms with Gasteiger partial charge in [-0.3, -0.25) is 4.98 Å². The molecule has 1 aromatic rings. The smallest absolute Gasteiger partial charge is 0.145 e. The van der Waals surface area contributed by atoms with E-state index >= 15 is 4.39 Å². The van der Waals surface area contributed by atoms with E-state index in [-0.39, 0.29) is 23.7 Å². The zero-order chi connectivity index (χ0) is 21.9. The van der Waals surface area contributed by atoms with E-state index < -0.39 is 23.5 Å². The number of allylic oxidation sites excluding steroid dienone is 4. The molecule has 1 aromatic heterocycles. The normalized spacial score (nSPS) is 44.7. The number of aliphatic hydroxyl groups is 3. The SMILES string of the molecule is CC12CC=C3C(O)C4(F)CC(O)CCC4CC[C@]3(O)C1CC=C2/C=C/c1cccnc1. The van der Waals surface area contributed by atoms with Crippen LogP contribution in [0.2, 0.25) is 0 Å². The van der Waals surface area contributed by atoms with E-state index in [9.17, 15) is 15.3 Å². The van der Waals surface area contributed by atoms with Crippen LogP contribution in [0.5, 0.6) is 0 Å². The maximum absolute atomic E-state index is 16.1. The highest BCUT2D eigenvalue weighted by molar-refractivity contribution is 5.55. The molecule has 166 valence electrons. The van der Waals surface area contributed by atoms with Crippen molar-refractivity contribution in [2.45, 2.75) is 75.3 Å². The lowest BCUT2D eigenvalue weighted by atomic mass is 9.58. The Morgan fingerprint density at radius 1 is 1.16 bits per heavy atom. The summed E-state index contributed by atoms with van der Waals surface area (Å²) in [4.78, 5) is 4.16. The lowest BCUT2D eigenvalue weighted by molar-refractivity contribution is -0.0968. The minimum atomic E-state index is -1.86. The topological polar surface area (TPSA) is 73.6 Å². The highest BCUT2D eigenvalue weighted by Crippen LogP contribution is 2.61. The number of pyridine rings is 1. The Hall–Kier alpha value is -1.82. The second-order valence-corrected chi connectivity index (χ2v) is 10.3. The molecule has 31 heavy (non-hydrogen) atoms. The van der Waals surface area contributed by atoms with Gasteiger partial charge in [-0.1, -0.05) is 37.3 Å². The summed E-state index contributed by atoms with van der Waals surface area (Å²) in [7, 11) is 0. The maximum atomic E-state index is 16.1. The van der Waals surface area contributed by atoms with Crippen LogP contribution < -0.4 is 0 Å². The van der Waals surface area contributed by atoms with Crippen molar-refractivity contribution in [2.24, 2.45) is 17.3 Å². The molecule has 2 saturated carbocycles. The van der Waals surface area contributed by atoms with Crippen LogP contribution in [0.15, 0.2) is 53.9 Å². The van der Waals surface area contributed by atoms with Gasteiger partial charge in [0.2, 0.25) is 0 Å². The van der Waals surface area contributed by atoms with Gasteiger partial charge < -0.3 is 15.3 Å². The van der Waals surface area contributed by atoms with E-state index in [0.29, 0.717) is 44.1 Å². The van der Waals surface area contributed by atoms with Crippen LogP contribution in [0, 0.1) is 17.3 Å². The number of aromatic nitrogens is 1. The van der Waals surface area contributed by atoms with E-state index in [4.69, 9.17) is 0 Å². The Balaban J connectivity index is 1.47. The molecular formula is C26H32FNO3. The predicted molar refractivity (Wildman–Crippen MR) is 118 cm³/mol. The first-order valence-corrected chi connectivity index (χ1v) is 11.5. The van der Waals surface area contributed by atoms with Crippen molar-refractivity contribution in [1.82, 2.24) is 4.98 Å². The van der Waals surface area contributed by atoms with Gasteiger partial charge in [0.1, 0.15) is 11.8 Å². The van der Waals surface area contributed by atoms with E-state index in [1.807, 2.05) is 30.5 Å². The average molecular weight is 426 g/mol. The Bertz CT molecular complexity index is 943. The summed E-state index contributed by atoms with van der Waals surface area (Å²) < 4.78 is 16.1. The average Bonchev–Trinajstić information content (AvgIpc) is 3.06. The summed E-state index contributed by atoms with van der Waals surface area (Å²) in [5, 5.41) is 33.3. The molecule has 3 N–H and O–H groups in total. The third kappa shape index (κ3) is 3.16. The fraction of sp³-hybridized carbons (Fsp3) is 0.577. The summed E-state index contributed by atoms with van der Waals surface area (Å²) in [6.07, 6.45) is 13.1. The van der Waals surface area contributed by atoms with Gasteiger partial charge in [0.15, 0.2) is 0 Å². The van der Waals surface area contributed by atoms with Crippen molar-refractivity contribution in [3.8, 4) is 0 Å². The molecule has 4 nitrogen and oxygen atoms in total. The van der Waals surface area contributed by atoms with Crippen molar-refractivity contribution in [3.63, 3.8) is 0 Å². The molecule has 6 unspecified atom stereocenters. The number of alkyl halides is 1. The number of fused-ring (bicyclic) bond motifs is 4. The number of rotatable bonds is 2. The largest absolute Gasteiger partial charge is 0.393 e. The summed E-state index contributed by atoms with van der Waals surface area (Å²) in [6.45, 7) is 2.18. The van der Waals surface area contributed by atoms with Crippen LogP contribution in [0.4, 0.5) is 4.39 Å². The molecule has 0 bridgehead atoms. The molecule has 7 atom stereocenters. The monoisotopic (exact) mass is 425 g/mol. The van der Waals surface area contributed by atoms with Crippen molar-refractivity contribution in [1.29, 1.82) is 0 Å². The van der Waals surface area contributed by atoms with Crippen molar-refractivity contribution in [3.05, 3.63) is 59.5 Å². The van der Waals surface area contributed by atoms with E-state index in [0.717, 1.165) is 5.56 Å². The zero-order valence-corrected chi connectivity index (χ0v) is 18.0. The minimum absolute atomic E-state index is 0.0501. The summed E-state index contributed by atoms with van der Waals surface area (Å²) in [5.74, 6) is -0.427. The predicted octanol–water partition coefficient (Wildman–Crippen LogP) is 4.13. The Morgan fingerprint density at radius 3 is 2.77 bits per heavy atom. The third-order valence-electron chi connectivity index (χ3n) is 8.66. The number of hydrogen-bond donors (Lipinski definition) is 3. The van der Waals surface area contributed by atoms with Gasteiger partial charge in [0, 0.05) is 30.1 Å². The highest BCUT2D eigenvalue weighted by Gasteiger charge is 2.62. The van der Waals surface area contributed by atoms with Crippen LogP contribution in [0.25, 0.3) is 6.08 Å². The Morgan fingerprint density at radius 2 is 2.00 bits per heavy atom. The maximum Gasteiger partial charge on any atom is 0.145 e. The fourth-order valence-corrected chi connectivity index (χ4v) is 6.84. The summed E-state index contributed by atoms with van der Waals surface area (Å²) in [6, 6.07) is 3.91. The van der Waals surface area contributed by atoms with Gasteiger partial charge in [0.05, 0.1) is 11.7 Å². The standard InChI is InChI=1S/C26H32FNO3/c1-24-12-11-21-23(30)25(27)15-20(29)8-6-19(25)10-13-26(21,31)22(24)9-7-18(24)5-4-17-3-2-14-28-16-17/h2-5,7,11,14,16,19-20,22-23,29-31H,6,8-10,12-13,15H2,1H3/b5-4+/t19?,20?,22?,23?,24?,25?,26-/m1/s1. The van der Waals surface area contributed by atoms with Crippen molar-refractivity contribution in [2.75, 3.05) is 0 Å². The van der Waals surface area contributed by atoms with Crippen molar-refractivity contribution < 1.29 is 19.7 Å². The van der Waals surface area contributed by atoms with Crippen LogP contribution >= 0.6 is 0 Å². The minimum Gasteiger partial charge on any atom is -0.393 e. The number of aliphatic hydroxyl groups excluding tert-OH is 2. The Labute approximate surface area is 183 Å². The summed E-state index contributed by atoms with van der Waals surface area (Å²) in [5.41, 5.74) is -0.722. The highest BCUT2D eigenvalue weighted by atomic mass is 19.1. The van der Waals surface area contributed by atoms with Crippen LogP contribution in [-0.2, 0) is 0 Å². The van der Waals surface area contributed by atoms with Gasteiger partial charge in [-0.2, -0.15) is 0 Å². The molecule has 0 aliphatic heterocycles. The molecule has 0 spiro atoms. The number of halogens is 1. The second kappa shape index (κ2) is 7.36. The summed E-state index contributed by atoms with van der Waals surface area (Å²) >= 11 is 0. The molecular weight excluding hydrogens is 393 g/mol. The second-order valence-electron chi connectivity index (χ2n) is 10.3. The molecule has 5 heteroatoms. The van der Waals surface area contributed by atoms with Gasteiger partial charge in [-0.15, -0.1) is 0 Å². The van der Waals surface area contributed by atoms with Crippen LogP contribution in [-0.4, -0.2) is 43.8 Å². The first kappa shape index (κ1) is 21.0. The molecule has 2 fully saturated rings. The van der Waals surface area contributed by atoms with E-state index in [2.05, 4.69) is 24.1 Å². The van der Waals surface area contributed by atoms with E-state index in [1.54, 1.807) is 6.20 Å². The molecule has 1 heterocycles. The van der Waals surface area contributed by atoms with Gasteiger partial charge in [0.25, 0.3) is 0 Å². The molecule has 4 aliphatic carbocycles.